The number of carbonyl (C=O) groups excluding carboxylic acids is 2. The van der Waals surface area contributed by atoms with Crippen molar-refractivity contribution in [3.05, 3.63) is 47.6 Å². The van der Waals surface area contributed by atoms with Crippen LogP contribution in [0.4, 0.5) is 0 Å². The minimum atomic E-state index is -0.461. The molecule has 2 unspecified atom stereocenters. The molecule has 0 aromatic heterocycles. The van der Waals surface area contributed by atoms with Gasteiger partial charge in [-0.05, 0) is 30.9 Å². The van der Waals surface area contributed by atoms with Crippen LogP contribution in [0.5, 0.6) is 0 Å². The molecule has 0 fully saturated rings. The average Bonchev–Trinajstić information content (AvgIpc) is 2.65. The Labute approximate surface area is 153 Å². The van der Waals surface area contributed by atoms with Gasteiger partial charge < -0.3 is 20.5 Å². The highest BCUT2D eigenvalue weighted by atomic mass is 16.5. The number of hydrogen-bond donors (Lipinski definition) is 3. The van der Waals surface area contributed by atoms with Crippen molar-refractivity contribution in [2.75, 3.05) is 13.7 Å². The largest absolute Gasteiger partial charge is 0.509 e. The Morgan fingerprint density at radius 1 is 1.50 bits per heavy atom. The zero-order valence-electron chi connectivity index (χ0n) is 14.8. The predicted octanol–water partition coefficient (Wildman–Crippen LogP) is 2.08. The van der Waals surface area contributed by atoms with Gasteiger partial charge in [-0.15, -0.1) is 6.42 Å². The van der Waals surface area contributed by atoms with Crippen LogP contribution in [0, 0.1) is 24.2 Å². The molecule has 0 aliphatic heterocycles. The van der Waals surface area contributed by atoms with Crippen molar-refractivity contribution in [3.8, 4) is 12.3 Å². The summed E-state index contributed by atoms with van der Waals surface area (Å²) in [4.78, 5) is 24.4. The maximum atomic E-state index is 12.2. The van der Waals surface area contributed by atoms with Crippen molar-refractivity contribution in [2.45, 2.75) is 25.7 Å². The molecule has 0 heterocycles. The summed E-state index contributed by atoms with van der Waals surface area (Å²) in [5, 5.41) is 15.3. The number of nitrogens with one attached hydrogen (secondary N) is 2. The van der Waals surface area contributed by atoms with Gasteiger partial charge in [-0.3, -0.25) is 9.59 Å². The van der Waals surface area contributed by atoms with Crippen molar-refractivity contribution in [1.29, 1.82) is 0 Å². The topological polar surface area (TPSA) is 87.7 Å². The lowest BCUT2D eigenvalue weighted by atomic mass is 9.91. The molecule has 0 aromatic carbocycles. The van der Waals surface area contributed by atoms with E-state index in [-0.39, 0.29) is 30.0 Å². The third-order valence-corrected chi connectivity index (χ3v) is 4.39. The van der Waals surface area contributed by atoms with Gasteiger partial charge in [0.05, 0.1) is 19.6 Å². The van der Waals surface area contributed by atoms with Gasteiger partial charge >= 0.3 is 0 Å². The Hall–Kier alpha value is -2.94. The van der Waals surface area contributed by atoms with Crippen molar-refractivity contribution in [3.63, 3.8) is 0 Å². The zero-order valence-corrected chi connectivity index (χ0v) is 14.8. The van der Waals surface area contributed by atoms with E-state index < -0.39 is 5.92 Å². The first-order valence-corrected chi connectivity index (χ1v) is 8.57. The van der Waals surface area contributed by atoms with E-state index >= 15 is 0 Å². The molecule has 2 aliphatic rings. The Balaban J connectivity index is 1.93. The second kappa shape index (κ2) is 9.52. The van der Waals surface area contributed by atoms with Crippen LogP contribution in [-0.2, 0) is 14.3 Å². The molecule has 0 bridgehead atoms. The third kappa shape index (κ3) is 5.28. The molecule has 138 valence electrons. The second-order valence-corrected chi connectivity index (χ2v) is 6.19. The van der Waals surface area contributed by atoms with Gasteiger partial charge in [-0.2, -0.15) is 0 Å². The van der Waals surface area contributed by atoms with E-state index in [0.717, 1.165) is 6.42 Å². The van der Waals surface area contributed by atoms with Crippen molar-refractivity contribution < 1.29 is 19.4 Å². The normalized spacial score (nSPS) is 22.5. The molecule has 0 saturated heterocycles. The smallest absolute Gasteiger partial charge is 0.247 e. The highest BCUT2D eigenvalue weighted by molar-refractivity contribution is 5.91. The molecule has 2 aliphatic carbocycles. The molecule has 2 atom stereocenters. The summed E-state index contributed by atoms with van der Waals surface area (Å²) in [5.41, 5.74) is 0.546. The van der Waals surface area contributed by atoms with E-state index in [1.54, 1.807) is 18.2 Å². The van der Waals surface area contributed by atoms with Gasteiger partial charge in [-0.25, -0.2) is 0 Å². The van der Waals surface area contributed by atoms with E-state index in [4.69, 9.17) is 11.2 Å². The number of amides is 2. The number of hydrogen-bond acceptors (Lipinski definition) is 4. The summed E-state index contributed by atoms with van der Waals surface area (Å²) in [6.07, 6.45) is 16.2. The summed E-state index contributed by atoms with van der Waals surface area (Å²) >= 11 is 0. The summed E-state index contributed by atoms with van der Waals surface area (Å²) in [6, 6.07) is 0. The summed E-state index contributed by atoms with van der Waals surface area (Å²) in [5.74, 6) is 2.31. The highest BCUT2D eigenvalue weighted by Gasteiger charge is 2.24. The molecular formula is C20H24N2O4. The molecule has 0 spiro atoms. The lowest BCUT2D eigenvalue weighted by Crippen LogP contribution is -2.37. The Bertz CT molecular complexity index is 710. The van der Waals surface area contributed by atoms with Crippen LogP contribution in [0.25, 0.3) is 0 Å². The second-order valence-electron chi connectivity index (χ2n) is 6.19. The summed E-state index contributed by atoms with van der Waals surface area (Å²) < 4.78 is 5.10. The fourth-order valence-corrected chi connectivity index (χ4v) is 2.98. The molecule has 26 heavy (non-hydrogen) atoms. The van der Waals surface area contributed by atoms with E-state index in [1.165, 1.54) is 13.2 Å². The van der Waals surface area contributed by atoms with Gasteiger partial charge in [0.2, 0.25) is 11.8 Å². The average molecular weight is 356 g/mol. The fraction of sp³-hybridized carbons (Fsp3) is 0.400. The van der Waals surface area contributed by atoms with Crippen molar-refractivity contribution >= 4 is 11.8 Å². The summed E-state index contributed by atoms with van der Waals surface area (Å²) in [6.45, 7) is 0.155. The van der Waals surface area contributed by atoms with Gasteiger partial charge in [0.1, 0.15) is 11.5 Å². The number of terminal acetylenes is 1. The van der Waals surface area contributed by atoms with Crippen LogP contribution in [0.3, 0.4) is 0 Å². The van der Waals surface area contributed by atoms with E-state index in [9.17, 15) is 14.7 Å². The third-order valence-electron chi connectivity index (χ3n) is 4.39. The number of allylic oxidation sites excluding steroid dienone is 6. The number of aliphatic hydroxyl groups is 1. The van der Waals surface area contributed by atoms with Crippen LogP contribution >= 0.6 is 0 Å². The maximum absolute atomic E-state index is 12.2. The van der Waals surface area contributed by atoms with Crippen LogP contribution in [0.2, 0.25) is 0 Å². The van der Waals surface area contributed by atoms with E-state index in [1.807, 2.05) is 6.08 Å². The Morgan fingerprint density at radius 3 is 3.00 bits per heavy atom. The monoisotopic (exact) mass is 356 g/mol. The van der Waals surface area contributed by atoms with Gasteiger partial charge in [0.25, 0.3) is 0 Å². The van der Waals surface area contributed by atoms with Gasteiger partial charge in [-0.1, -0.05) is 24.1 Å². The first-order valence-electron chi connectivity index (χ1n) is 8.57. The minimum absolute atomic E-state index is 0.0783. The molecule has 2 amide bonds. The molecule has 0 aromatic rings. The van der Waals surface area contributed by atoms with Crippen molar-refractivity contribution in [2.24, 2.45) is 11.8 Å². The Morgan fingerprint density at radius 2 is 2.31 bits per heavy atom. The number of carbonyl (C=O) groups is 2. The molecule has 6 nitrogen and oxygen atoms in total. The van der Waals surface area contributed by atoms with Crippen LogP contribution < -0.4 is 10.6 Å². The number of aliphatic hydroxyl groups excluding tert-OH is 1. The minimum Gasteiger partial charge on any atom is -0.509 e. The van der Waals surface area contributed by atoms with Gasteiger partial charge in [0, 0.05) is 18.5 Å². The van der Waals surface area contributed by atoms with E-state index in [0.29, 0.717) is 30.7 Å². The quantitative estimate of drug-likeness (QED) is 0.502. The molecule has 0 saturated carbocycles. The van der Waals surface area contributed by atoms with Crippen LogP contribution in [-0.4, -0.2) is 30.6 Å². The SMILES string of the molecule is C#CCNC(=O)C1CC=CC=C1NC(=O)/C=C/C1CCC(OC)=C(O)C1. The molecule has 2 rings (SSSR count). The maximum Gasteiger partial charge on any atom is 0.247 e. The predicted molar refractivity (Wildman–Crippen MR) is 98.5 cm³/mol. The van der Waals surface area contributed by atoms with Crippen LogP contribution in [0.15, 0.2) is 47.6 Å². The number of rotatable bonds is 6. The lowest BCUT2D eigenvalue weighted by Gasteiger charge is -2.22. The van der Waals surface area contributed by atoms with Crippen LogP contribution in [0.1, 0.15) is 25.7 Å². The fourth-order valence-electron chi connectivity index (χ4n) is 2.98. The lowest BCUT2D eigenvalue weighted by molar-refractivity contribution is -0.123. The number of ether oxygens (including phenoxy) is 1. The first kappa shape index (κ1) is 19.4. The molecular weight excluding hydrogens is 332 g/mol. The number of methoxy groups -OCH3 is 1. The zero-order chi connectivity index (χ0) is 18.9. The molecule has 6 heteroatoms. The van der Waals surface area contributed by atoms with Gasteiger partial charge in [0.15, 0.2) is 0 Å². The van der Waals surface area contributed by atoms with Crippen molar-refractivity contribution in [1.82, 2.24) is 10.6 Å². The summed E-state index contributed by atoms with van der Waals surface area (Å²) in [7, 11) is 1.54. The Kier molecular flexibility index (Phi) is 7.10. The first-order chi connectivity index (χ1) is 12.5. The van der Waals surface area contributed by atoms with E-state index in [2.05, 4.69) is 16.6 Å². The highest BCUT2D eigenvalue weighted by Crippen LogP contribution is 2.29. The molecule has 0 radical (unpaired) electrons. The molecule has 3 N–H and O–H groups in total. The standard InChI is InChI=1S/C20H24N2O4/c1-3-12-21-20(25)15-6-4-5-7-16(15)22-19(24)11-9-14-8-10-18(26-2)17(23)13-14/h1,4-5,7,9,11,14-15,23H,6,8,10,12-13H2,2H3,(H,21,25)(H,22,24)/b11-9+.